The minimum atomic E-state index is -0.306. The standard InChI is InChI=1S/C12H13ClN2O2/c1-8-12(17)15(11(16)6-14-8)7-9-2-4-10(13)5-3-9/h2-5,8,14H,6-7H2,1H3. The van der Waals surface area contributed by atoms with E-state index < -0.39 is 0 Å². The van der Waals surface area contributed by atoms with Gasteiger partial charge in [-0.2, -0.15) is 0 Å². The molecule has 1 heterocycles. The quantitative estimate of drug-likeness (QED) is 0.805. The highest BCUT2D eigenvalue weighted by atomic mass is 35.5. The van der Waals surface area contributed by atoms with Crippen LogP contribution in [0.2, 0.25) is 5.02 Å². The van der Waals surface area contributed by atoms with E-state index in [4.69, 9.17) is 11.6 Å². The summed E-state index contributed by atoms with van der Waals surface area (Å²) in [5.74, 6) is -0.376. The number of hydrogen-bond acceptors (Lipinski definition) is 3. The molecule has 0 bridgehead atoms. The van der Waals surface area contributed by atoms with Gasteiger partial charge >= 0.3 is 0 Å². The van der Waals surface area contributed by atoms with E-state index in [0.717, 1.165) is 5.56 Å². The molecule has 1 aliphatic heterocycles. The number of amides is 2. The zero-order valence-corrected chi connectivity index (χ0v) is 10.2. The topological polar surface area (TPSA) is 49.4 Å². The zero-order valence-electron chi connectivity index (χ0n) is 9.44. The van der Waals surface area contributed by atoms with Crippen molar-refractivity contribution in [1.29, 1.82) is 0 Å². The highest BCUT2D eigenvalue weighted by Crippen LogP contribution is 2.13. The fourth-order valence-corrected chi connectivity index (χ4v) is 1.84. The Morgan fingerprint density at radius 2 is 2.00 bits per heavy atom. The SMILES string of the molecule is CC1NCC(=O)N(Cc2ccc(Cl)cc2)C1=O. The van der Waals surface area contributed by atoms with Crippen LogP contribution in [0.3, 0.4) is 0 Å². The number of halogens is 1. The van der Waals surface area contributed by atoms with Gasteiger partial charge in [0, 0.05) is 5.02 Å². The number of nitrogens with zero attached hydrogens (tertiary/aromatic N) is 1. The lowest BCUT2D eigenvalue weighted by molar-refractivity contribution is -0.149. The molecule has 1 fully saturated rings. The second-order valence-corrected chi connectivity index (χ2v) is 4.48. The van der Waals surface area contributed by atoms with Crippen LogP contribution in [0.1, 0.15) is 12.5 Å². The monoisotopic (exact) mass is 252 g/mol. The van der Waals surface area contributed by atoms with E-state index in [1.54, 1.807) is 19.1 Å². The van der Waals surface area contributed by atoms with Crippen molar-refractivity contribution in [2.75, 3.05) is 6.54 Å². The summed E-state index contributed by atoms with van der Waals surface area (Å²) in [6.07, 6.45) is 0. The molecule has 1 saturated heterocycles. The molecule has 1 atom stereocenters. The summed E-state index contributed by atoms with van der Waals surface area (Å²) in [5.41, 5.74) is 0.894. The van der Waals surface area contributed by atoms with Gasteiger partial charge in [0.05, 0.1) is 19.1 Å². The zero-order chi connectivity index (χ0) is 12.4. The van der Waals surface area contributed by atoms with Gasteiger partial charge in [0.1, 0.15) is 0 Å². The summed E-state index contributed by atoms with van der Waals surface area (Å²) in [7, 11) is 0. The van der Waals surface area contributed by atoms with Crippen LogP contribution in [0.15, 0.2) is 24.3 Å². The van der Waals surface area contributed by atoms with Crippen molar-refractivity contribution < 1.29 is 9.59 Å². The molecule has 5 heteroatoms. The maximum absolute atomic E-state index is 11.8. The third-order valence-electron chi connectivity index (χ3n) is 2.75. The first-order valence-corrected chi connectivity index (χ1v) is 5.78. The largest absolute Gasteiger partial charge is 0.298 e. The van der Waals surface area contributed by atoms with Crippen LogP contribution in [0.25, 0.3) is 0 Å². The second-order valence-electron chi connectivity index (χ2n) is 4.05. The number of hydrogen-bond donors (Lipinski definition) is 1. The van der Waals surface area contributed by atoms with E-state index >= 15 is 0 Å². The molecule has 1 unspecified atom stereocenters. The molecule has 1 aliphatic rings. The number of piperazine rings is 1. The Kier molecular flexibility index (Phi) is 3.45. The van der Waals surface area contributed by atoms with Crippen LogP contribution in [-0.4, -0.2) is 29.3 Å². The highest BCUT2D eigenvalue weighted by molar-refractivity contribution is 6.30. The predicted molar refractivity (Wildman–Crippen MR) is 64.5 cm³/mol. The van der Waals surface area contributed by atoms with Gasteiger partial charge in [-0.3, -0.25) is 19.8 Å². The van der Waals surface area contributed by atoms with E-state index in [1.807, 2.05) is 12.1 Å². The first-order valence-electron chi connectivity index (χ1n) is 5.40. The average molecular weight is 253 g/mol. The summed E-state index contributed by atoms with van der Waals surface area (Å²) in [6.45, 7) is 2.27. The summed E-state index contributed by atoms with van der Waals surface area (Å²) in [6, 6.07) is 6.82. The summed E-state index contributed by atoms with van der Waals surface area (Å²) < 4.78 is 0. The molecule has 4 nitrogen and oxygen atoms in total. The maximum atomic E-state index is 11.8. The van der Waals surface area contributed by atoms with Gasteiger partial charge in [-0.05, 0) is 24.6 Å². The lowest BCUT2D eigenvalue weighted by Crippen LogP contribution is -2.56. The third-order valence-corrected chi connectivity index (χ3v) is 3.00. The first kappa shape index (κ1) is 12.1. The molecule has 0 aliphatic carbocycles. The van der Waals surface area contributed by atoms with Gasteiger partial charge in [-0.1, -0.05) is 23.7 Å². The molecule has 1 aromatic carbocycles. The number of nitrogens with one attached hydrogen (secondary N) is 1. The highest BCUT2D eigenvalue weighted by Gasteiger charge is 2.30. The molecule has 90 valence electrons. The van der Waals surface area contributed by atoms with Crippen molar-refractivity contribution in [3.8, 4) is 0 Å². The first-order chi connectivity index (χ1) is 8.08. The van der Waals surface area contributed by atoms with Crippen molar-refractivity contribution >= 4 is 23.4 Å². The lowest BCUT2D eigenvalue weighted by Gasteiger charge is -2.29. The summed E-state index contributed by atoms with van der Waals surface area (Å²) in [4.78, 5) is 24.7. The molecule has 2 rings (SSSR count). The van der Waals surface area contributed by atoms with Gasteiger partial charge in [-0.25, -0.2) is 0 Å². The molecule has 0 aromatic heterocycles. The molecule has 2 amide bonds. The van der Waals surface area contributed by atoms with Gasteiger partial charge < -0.3 is 0 Å². The number of rotatable bonds is 2. The molecule has 1 aromatic rings. The van der Waals surface area contributed by atoms with E-state index in [-0.39, 0.29) is 24.4 Å². The Labute approximate surface area is 105 Å². The lowest BCUT2D eigenvalue weighted by atomic mass is 10.1. The van der Waals surface area contributed by atoms with Gasteiger partial charge in [0.15, 0.2) is 0 Å². The number of imide groups is 1. The number of benzene rings is 1. The molecule has 0 spiro atoms. The van der Waals surface area contributed by atoms with Gasteiger partial charge in [-0.15, -0.1) is 0 Å². The van der Waals surface area contributed by atoms with E-state index in [1.165, 1.54) is 4.90 Å². The maximum Gasteiger partial charge on any atom is 0.246 e. The van der Waals surface area contributed by atoms with Crippen LogP contribution in [-0.2, 0) is 16.1 Å². The van der Waals surface area contributed by atoms with E-state index in [0.29, 0.717) is 11.6 Å². The van der Waals surface area contributed by atoms with Crippen LogP contribution >= 0.6 is 11.6 Å². The minimum Gasteiger partial charge on any atom is -0.298 e. The van der Waals surface area contributed by atoms with Crippen molar-refractivity contribution in [3.05, 3.63) is 34.9 Å². The fourth-order valence-electron chi connectivity index (χ4n) is 1.72. The molecule has 0 saturated carbocycles. The van der Waals surface area contributed by atoms with Crippen molar-refractivity contribution in [1.82, 2.24) is 10.2 Å². The Hall–Kier alpha value is -1.39. The van der Waals surface area contributed by atoms with Gasteiger partial charge in [0.2, 0.25) is 11.8 Å². The van der Waals surface area contributed by atoms with Crippen molar-refractivity contribution in [2.45, 2.75) is 19.5 Å². The molecular formula is C12H13ClN2O2. The normalized spacial score (nSPS) is 20.8. The Balaban J connectivity index is 2.13. The average Bonchev–Trinajstić information content (AvgIpc) is 2.32. The molecule has 0 radical (unpaired) electrons. The Morgan fingerprint density at radius 1 is 1.35 bits per heavy atom. The Morgan fingerprint density at radius 3 is 2.65 bits per heavy atom. The van der Waals surface area contributed by atoms with Crippen molar-refractivity contribution in [2.24, 2.45) is 0 Å². The summed E-state index contributed by atoms with van der Waals surface area (Å²) in [5, 5.41) is 3.48. The van der Waals surface area contributed by atoms with Crippen LogP contribution in [0.5, 0.6) is 0 Å². The second kappa shape index (κ2) is 4.85. The third kappa shape index (κ3) is 2.65. The van der Waals surface area contributed by atoms with E-state index in [9.17, 15) is 9.59 Å². The smallest absolute Gasteiger partial charge is 0.246 e. The summed E-state index contributed by atoms with van der Waals surface area (Å²) >= 11 is 5.78. The Bertz CT molecular complexity index is 444. The predicted octanol–water partition coefficient (Wildman–Crippen LogP) is 1.19. The molecular weight excluding hydrogens is 240 g/mol. The number of carbonyl (C=O) groups excluding carboxylic acids is 2. The number of carbonyl (C=O) groups is 2. The van der Waals surface area contributed by atoms with E-state index in [2.05, 4.69) is 5.32 Å². The van der Waals surface area contributed by atoms with Gasteiger partial charge in [0.25, 0.3) is 0 Å². The molecule has 1 N–H and O–H groups in total. The van der Waals surface area contributed by atoms with Crippen LogP contribution in [0.4, 0.5) is 0 Å². The van der Waals surface area contributed by atoms with Crippen molar-refractivity contribution in [3.63, 3.8) is 0 Å². The van der Waals surface area contributed by atoms with Crippen LogP contribution < -0.4 is 5.32 Å². The van der Waals surface area contributed by atoms with Crippen LogP contribution in [0, 0.1) is 0 Å². The minimum absolute atomic E-state index is 0.184. The fraction of sp³-hybridized carbons (Fsp3) is 0.333. The molecule has 17 heavy (non-hydrogen) atoms.